The van der Waals surface area contributed by atoms with Crippen LogP contribution in [-0.4, -0.2) is 24.6 Å². The van der Waals surface area contributed by atoms with E-state index in [0.717, 1.165) is 11.3 Å². The summed E-state index contributed by atoms with van der Waals surface area (Å²) in [7, 11) is 0. The number of anilines is 1. The number of nitrogens with one attached hydrogen (secondary N) is 1. The first kappa shape index (κ1) is 19.5. The summed E-state index contributed by atoms with van der Waals surface area (Å²) in [6.45, 7) is 3.86. The zero-order valence-electron chi connectivity index (χ0n) is 14.7. The van der Waals surface area contributed by atoms with Crippen LogP contribution in [0.2, 0.25) is 0 Å². The van der Waals surface area contributed by atoms with Gasteiger partial charge in [0.25, 0.3) is 5.91 Å². The van der Waals surface area contributed by atoms with E-state index in [2.05, 4.69) is 5.32 Å². The Hall–Kier alpha value is -2.85. The van der Waals surface area contributed by atoms with Gasteiger partial charge in [-0.15, -0.1) is 11.3 Å². The SMILES string of the molecule is Cc1cccc(OCCCC(=O)O[C@@H](C)C(=O)Nc2sccc2C#N)c1. The number of nitriles is 1. The molecule has 1 aromatic heterocycles. The lowest BCUT2D eigenvalue weighted by Gasteiger charge is -2.13. The molecule has 0 radical (unpaired) electrons. The first-order chi connectivity index (χ1) is 12.5. The average molecular weight is 372 g/mol. The molecule has 0 bridgehead atoms. The van der Waals surface area contributed by atoms with E-state index in [1.807, 2.05) is 37.3 Å². The van der Waals surface area contributed by atoms with Crippen LogP contribution in [0.25, 0.3) is 0 Å². The maximum atomic E-state index is 12.0. The summed E-state index contributed by atoms with van der Waals surface area (Å²) in [5.74, 6) is -0.171. The number of amides is 1. The standard InChI is InChI=1S/C19H20N2O4S/c1-13-5-3-6-16(11-13)24-9-4-7-17(22)25-14(2)18(23)21-19-15(12-20)8-10-26-19/h3,5-6,8,10-11,14H,4,7,9H2,1-2H3,(H,21,23)/t14-/m0/s1. The van der Waals surface area contributed by atoms with Crippen molar-refractivity contribution in [3.05, 3.63) is 46.8 Å². The fourth-order valence-electron chi connectivity index (χ4n) is 2.13. The largest absolute Gasteiger partial charge is 0.494 e. The molecular formula is C19H20N2O4S. The van der Waals surface area contributed by atoms with Gasteiger partial charge in [0.05, 0.1) is 12.2 Å². The number of carbonyl (C=O) groups is 2. The van der Waals surface area contributed by atoms with Gasteiger partial charge in [0, 0.05) is 6.42 Å². The molecule has 1 aromatic carbocycles. The van der Waals surface area contributed by atoms with Gasteiger partial charge in [-0.25, -0.2) is 0 Å². The maximum absolute atomic E-state index is 12.0. The van der Waals surface area contributed by atoms with Crippen LogP contribution in [0.1, 0.15) is 30.9 Å². The van der Waals surface area contributed by atoms with Crippen LogP contribution in [0.4, 0.5) is 5.00 Å². The molecular weight excluding hydrogens is 352 g/mol. The predicted molar refractivity (Wildman–Crippen MR) is 99.1 cm³/mol. The second-order valence-electron chi connectivity index (χ2n) is 5.67. The van der Waals surface area contributed by atoms with Crippen LogP contribution in [0.15, 0.2) is 35.7 Å². The molecule has 2 aromatic rings. The van der Waals surface area contributed by atoms with Crippen LogP contribution in [0.5, 0.6) is 5.75 Å². The Bertz CT molecular complexity index is 810. The molecule has 136 valence electrons. The van der Waals surface area contributed by atoms with Crippen molar-refractivity contribution in [1.29, 1.82) is 5.26 Å². The smallest absolute Gasteiger partial charge is 0.306 e. The fraction of sp³-hybridized carbons (Fsp3) is 0.316. The highest BCUT2D eigenvalue weighted by atomic mass is 32.1. The van der Waals surface area contributed by atoms with E-state index in [9.17, 15) is 9.59 Å². The first-order valence-corrected chi connectivity index (χ1v) is 9.05. The lowest BCUT2D eigenvalue weighted by Crippen LogP contribution is -2.30. The maximum Gasteiger partial charge on any atom is 0.306 e. The molecule has 6 nitrogen and oxygen atoms in total. The highest BCUT2D eigenvalue weighted by Gasteiger charge is 2.19. The van der Waals surface area contributed by atoms with E-state index in [0.29, 0.717) is 23.6 Å². The van der Waals surface area contributed by atoms with Crippen LogP contribution in [0.3, 0.4) is 0 Å². The van der Waals surface area contributed by atoms with Gasteiger partial charge in [-0.1, -0.05) is 12.1 Å². The van der Waals surface area contributed by atoms with Crippen molar-refractivity contribution in [2.24, 2.45) is 0 Å². The number of hydrogen-bond acceptors (Lipinski definition) is 6. The third-order valence-corrected chi connectivity index (χ3v) is 4.31. The Morgan fingerprint density at radius 2 is 2.15 bits per heavy atom. The number of thiophene rings is 1. The molecule has 0 saturated heterocycles. The number of esters is 1. The Balaban J connectivity index is 1.69. The Kier molecular flexibility index (Phi) is 7.18. The quantitative estimate of drug-likeness (QED) is 0.564. The molecule has 0 unspecified atom stereocenters. The number of ether oxygens (including phenoxy) is 2. The summed E-state index contributed by atoms with van der Waals surface area (Å²) in [5, 5.41) is 13.7. The van der Waals surface area contributed by atoms with Crippen LogP contribution < -0.4 is 10.1 Å². The van der Waals surface area contributed by atoms with Gasteiger partial charge in [0.15, 0.2) is 6.10 Å². The van der Waals surface area contributed by atoms with Gasteiger partial charge < -0.3 is 14.8 Å². The summed E-state index contributed by atoms with van der Waals surface area (Å²) in [6.07, 6.45) is -0.287. The molecule has 7 heteroatoms. The van der Waals surface area contributed by atoms with Crippen molar-refractivity contribution in [2.75, 3.05) is 11.9 Å². The fourth-order valence-corrected chi connectivity index (χ4v) is 2.87. The van der Waals surface area contributed by atoms with E-state index >= 15 is 0 Å². The van der Waals surface area contributed by atoms with E-state index in [-0.39, 0.29) is 6.42 Å². The van der Waals surface area contributed by atoms with Gasteiger partial charge in [-0.05, 0) is 49.4 Å². The van der Waals surface area contributed by atoms with Crippen LogP contribution in [0, 0.1) is 18.3 Å². The predicted octanol–water partition coefficient (Wildman–Crippen LogP) is 3.66. The second kappa shape index (κ2) is 9.59. The van der Waals surface area contributed by atoms with Gasteiger partial charge in [-0.2, -0.15) is 5.26 Å². The first-order valence-electron chi connectivity index (χ1n) is 8.17. The minimum Gasteiger partial charge on any atom is -0.494 e. The summed E-state index contributed by atoms with van der Waals surface area (Å²) in [6, 6.07) is 11.3. The van der Waals surface area contributed by atoms with Crippen molar-refractivity contribution in [2.45, 2.75) is 32.8 Å². The molecule has 0 aliphatic rings. The van der Waals surface area contributed by atoms with E-state index in [4.69, 9.17) is 14.7 Å². The number of nitrogens with zero attached hydrogens (tertiary/aromatic N) is 1. The summed E-state index contributed by atoms with van der Waals surface area (Å²) in [4.78, 5) is 23.9. The highest BCUT2D eigenvalue weighted by Crippen LogP contribution is 2.22. The average Bonchev–Trinajstić information content (AvgIpc) is 3.06. The highest BCUT2D eigenvalue weighted by molar-refractivity contribution is 7.14. The van der Waals surface area contributed by atoms with Gasteiger partial charge >= 0.3 is 5.97 Å². The minimum absolute atomic E-state index is 0.159. The molecule has 2 rings (SSSR count). The van der Waals surface area contributed by atoms with Crippen molar-refractivity contribution in [3.8, 4) is 11.8 Å². The second-order valence-corrected chi connectivity index (χ2v) is 6.58. The Morgan fingerprint density at radius 1 is 1.35 bits per heavy atom. The topological polar surface area (TPSA) is 88.4 Å². The Morgan fingerprint density at radius 3 is 2.88 bits per heavy atom. The van der Waals surface area contributed by atoms with Gasteiger partial charge in [0.1, 0.15) is 16.8 Å². The number of rotatable bonds is 8. The molecule has 1 heterocycles. The van der Waals surface area contributed by atoms with Crippen LogP contribution >= 0.6 is 11.3 Å². The molecule has 0 aliphatic carbocycles. The summed E-state index contributed by atoms with van der Waals surface area (Å²) >= 11 is 1.24. The summed E-state index contributed by atoms with van der Waals surface area (Å²) < 4.78 is 10.7. The van der Waals surface area contributed by atoms with Crippen molar-refractivity contribution in [1.82, 2.24) is 0 Å². The number of hydrogen-bond donors (Lipinski definition) is 1. The van der Waals surface area contributed by atoms with Gasteiger partial charge in [0.2, 0.25) is 0 Å². The van der Waals surface area contributed by atoms with Crippen molar-refractivity contribution < 1.29 is 19.1 Å². The number of carbonyl (C=O) groups excluding carboxylic acids is 2. The third kappa shape index (κ3) is 5.90. The zero-order chi connectivity index (χ0) is 18.9. The molecule has 0 saturated carbocycles. The zero-order valence-corrected chi connectivity index (χ0v) is 15.5. The lowest BCUT2D eigenvalue weighted by atomic mass is 10.2. The third-order valence-electron chi connectivity index (χ3n) is 3.48. The molecule has 1 N–H and O–H groups in total. The molecule has 0 fully saturated rings. The summed E-state index contributed by atoms with van der Waals surface area (Å²) in [5.41, 5.74) is 1.49. The molecule has 0 aliphatic heterocycles. The van der Waals surface area contributed by atoms with E-state index < -0.39 is 18.0 Å². The monoisotopic (exact) mass is 372 g/mol. The van der Waals surface area contributed by atoms with Crippen molar-refractivity contribution in [3.63, 3.8) is 0 Å². The Labute approximate surface area is 156 Å². The normalized spacial score (nSPS) is 11.3. The van der Waals surface area contributed by atoms with Crippen LogP contribution in [-0.2, 0) is 14.3 Å². The molecule has 0 spiro atoms. The molecule has 26 heavy (non-hydrogen) atoms. The lowest BCUT2D eigenvalue weighted by molar-refractivity contribution is -0.153. The van der Waals surface area contributed by atoms with E-state index in [1.54, 1.807) is 11.4 Å². The van der Waals surface area contributed by atoms with Gasteiger partial charge in [-0.3, -0.25) is 9.59 Å². The number of benzene rings is 1. The number of aryl methyl sites for hydroxylation is 1. The molecule has 1 atom stereocenters. The van der Waals surface area contributed by atoms with Crippen molar-refractivity contribution >= 4 is 28.2 Å². The molecule has 1 amide bonds. The van der Waals surface area contributed by atoms with E-state index in [1.165, 1.54) is 18.3 Å². The minimum atomic E-state index is -0.936.